The average Bonchev–Trinajstić information content (AvgIpc) is 2.67. The summed E-state index contributed by atoms with van der Waals surface area (Å²) in [5.74, 6) is 0.763. The lowest BCUT2D eigenvalue weighted by molar-refractivity contribution is 0.345. The van der Waals surface area contributed by atoms with Crippen molar-refractivity contribution in [3.05, 3.63) is 36.2 Å². The lowest BCUT2D eigenvalue weighted by Crippen LogP contribution is -2.37. The summed E-state index contributed by atoms with van der Waals surface area (Å²) < 4.78 is 0. The number of rotatable bonds is 2. The second-order valence-electron chi connectivity index (χ2n) is 5.01. The first-order valence-corrected chi connectivity index (χ1v) is 6.24. The summed E-state index contributed by atoms with van der Waals surface area (Å²) in [6.07, 6.45) is 13.7. The van der Waals surface area contributed by atoms with Gasteiger partial charge in [0.25, 0.3) is 0 Å². The summed E-state index contributed by atoms with van der Waals surface area (Å²) in [5, 5.41) is 3.67. The van der Waals surface area contributed by atoms with E-state index < -0.39 is 0 Å². The number of hydrogen-bond acceptors (Lipinski definition) is 2. The first-order valence-electron chi connectivity index (χ1n) is 6.24. The van der Waals surface area contributed by atoms with E-state index in [0.29, 0.717) is 0 Å². The first kappa shape index (κ1) is 10.0. The quantitative estimate of drug-likeness (QED) is 0.818. The third-order valence-corrected chi connectivity index (χ3v) is 3.75. The predicted molar refractivity (Wildman–Crippen MR) is 65.9 cm³/mol. The normalized spacial score (nSPS) is 33.4. The number of fused-ring (bicyclic) bond motifs is 2. The summed E-state index contributed by atoms with van der Waals surface area (Å²) in [6, 6.07) is 5.66. The molecule has 2 unspecified atom stereocenters. The number of pyridine rings is 1. The van der Waals surface area contributed by atoms with Gasteiger partial charge in [-0.3, -0.25) is 4.98 Å². The third kappa shape index (κ3) is 2.17. The molecule has 2 fully saturated rings. The van der Waals surface area contributed by atoms with Crippen LogP contribution >= 0.6 is 0 Å². The molecule has 2 atom stereocenters. The summed E-state index contributed by atoms with van der Waals surface area (Å²) in [7, 11) is 0. The van der Waals surface area contributed by atoms with Gasteiger partial charge in [0, 0.05) is 24.5 Å². The number of aromatic nitrogens is 1. The minimum absolute atomic E-state index is 0.763. The Labute approximate surface area is 96.8 Å². The monoisotopic (exact) mass is 214 g/mol. The van der Waals surface area contributed by atoms with Crippen LogP contribution in [0.2, 0.25) is 0 Å². The maximum atomic E-state index is 4.13. The summed E-state index contributed by atoms with van der Waals surface area (Å²) in [6.45, 7) is 0. The van der Waals surface area contributed by atoms with Crippen LogP contribution in [0.3, 0.4) is 0 Å². The largest absolute Gasteiger partial charge is 0.311 e. The van der Waals surface area contributed by atoms with Crippen molar-refractivity contribution < 1.29 is 0 Å². The second kappa shape index (κ2) is 4.38. The molecule has 0 radical (unpaired) electrons. The number of allylic oxidation sites excluding steroid dienone is 1. The van der Waals surface area contributed by atoms with E-state index in [-0.39, 0.29) is 0 Å². The van der Waals surface area contributed by atoms with Crippen molar-refractivity contribution in [1.29, 1.82) is 0 Å². The molecule has 1 aromatic rings. The highest BCUT2D eigenvalue weighted by Gasteiger charge is 2.31. The van der Waals surface area contributed by atoms with Gasteiger partial charge in [0.1, 0.15) is 0 Å². The minimum Gasteiger partial charge on any atom is -0.311 e. The van der Waals surface area contributed by atoms with Crippen molar-refractivity contribution in [2.24, 2.45) is 5.92 Å². The van der Waals surface area contributed by atoms with Gasteiger partial charge >= 0.3 is 0 Å². The Morgan fingerprint density at radius 1 is 1.25 bits per heavy atom. The highest BCUT2D eigenvalue weighted by molar-refractivity contribution is 5.47. The van der Waals surface area contributed by atoms with E-state index in [2.05, 4.69) is 28.5 Å². The van der Waals surface area contributed by atoms with Crippen LogP contribution < -0.4 is 5.32 Å². The molecule has 2 bridgehead atoms. The van der Waals surface area contributed by atoms with Crippen LogP contribution in [0.4, 0.5) is 0 Å². The molecular formula is C14H18N2. The van der Waals surface area contributed by atoms with Gasteiger partial charge in [-0.1, -0.05) is 18.2 Å². The number of piperidine rings is 1. The molecule has 0 aliphatic carbocycles. The predicted octanol–water partition coefficient (Wildman–Crippen LogP) is 2.63. The molecule has 1 aromatic heterocycles. The van der Waals surface area contributed by atoms with E-state index in [9.17, 15) is 0 Å². The zero-order valence-electron chi connectivity index (χ0n) is 9.47. The van der Waals surface area contributed by atoms with E-state index in [4.69, 9.17) is 0 Å². The third-order valence-electron chi connectivity index (χ3n) is 3.75. The van der Waals surface area contributed by atoms with Crippen molar-refractivity contribution in [2.45, 2.75) is 37.8 Å². The lowest BCUT2D eigenvalue weighted by Gasteiger charge is -2.26. The van der Waals surface area contributed by atoms with Gasteiger partial charge in [0.2, 0.25) is 0 Å². The average molecular weight is 214 g/mol. The Hall–Kier alpha value is -1.15. The van der Waals surface area contributed by atoms with Crippen LogP contribution in [-0.4, -0.2) is 17.1 Å². The fourth-order valence-electron chi connectivity index (χ4n) is 2.98. The van der Waals surface area contributed by atoms with Gasteiger partial charge in [0.15, 0.2) is 0 Å². The van der Waals surface area contributed by atoms with Gasteiger partial charge in [-0.25, -0.2) is 0 Å². The van der Waals surface area contributed by atoms with Crippen molar-refractivity contribution in [3.63, 3.8) is 0 Å². The molecule has 1 N–H and O–H groups in total. The zero-order chi connectivity index (χ0) is 10.8. The SMILES string of the molecule is C(=CC1CC2CCC(C1)N2)c1cccnc1. The molecule has 84 valence electrons. The molecule has 3 heterocycles. The smallest absolute Gasteiger partial charge is 0.0340 e. The maximum Gasteiger partial charge on any atom is 0.0340 e. The fourth-order valence-corrected chi connectivity index (χ4v) is 2.98. The summed E-state index contributed by atoms with van der Waals surface area (Å²) >= 11 is 0. The van der Waals surface area contributed by atoms with Gasteiger partial charge in [-0.15, -0.1) is 0 Å². The van der Waals surface area contributed by atoms with Crippen LogP contribution in [0.25, 0.3) is 6.08 Å². The molecule has 0 saturated carbocycles. The number of nitrogens with zero attached hydrogens (tertiary/aromatic N) is 1. The molecule has 2 aliphatic heterocycles. The Balaban J connectivity index is 1.65. The first-order chi connectivity index (χ1) is 7.90. The van der Waals surface area contributed by atoms with Crippen LogP contribution in [-0.2, 0) is 0 Å². The molecule has 2 nitrogen and oxygen atoms in total. The minimum atomic E-state index is 0.763. The van der Waals surface area contributed by atoms with Gasteiger partial charge in [0.05, 0.1) is 0 Å². The molecule has 16 heavy (non-hydrogen) atoms. The Morgan fingerprint density at radius 2 is 2.06 bits per heavy atom. The highest BCUT2D eigenvalue weighted by Crippen LogP contribution is 2.31. The molecule has 3 rings (SSSR count). The molecule has 0 amide bonds. The summed E-state index contributed by atoms with van der Waals surface area (Å²) in [5.41, 5.74) is 1.22. The van der Waals surface area contributed by atoms with Crippen LogP contribution in [0.15, 0.2) is 30.6 Å². The molecule has 2 saturated heterocycles. The van der Waals surface area contributed by atoms with Crippen molar-refractivity contribution >= 4 is 6.08 Å². The lowest BCUT2D eigenvalue weighted by atomic mass is 9.92. The molecule has 0 spiro atoms. The van der Waals surface area contributed by atoms with E-state index >= 15 is 0 Å². The summed E-state index contributed by atoms with van der Waals surface area (Å²) in [4.78, 5) is 4.13. The Kier molecular flexibility index (Phi) is 2.75. The van der Waals surface area contributed by atoms with E-state index in [1.165, 1.54) is 31.2 Å². The highest BCUT2D eigenvalue weighted by atomic mass is 15.0. The molecule has 2 aliphatic rings. The standard InChI is InChI=1S/C14H18N2/c1-2-11(10-15-7-1)3-4-12-8-13-5-6-14(9-12)16-13/h1-4,7,10,12-14,16H,5-6,8-9H2. The van der Waals surface area contributed by atoms with E-state index in [1.54, 1.807) is 0 Å². The molecular weight excluding hydrogens is 196 g/mol. The van der Waals surface area contributed by atoms with Gasteiger partial charge < -0.3 is 5.32 Å². The van der Waals surface area contributed by atoms with Crippen molar-refractivity contribution in [3.8, 4) is 0 Å². The van der Waals surface area contributed by atoms with Gasteiger partial charge in [-0.2, -0.15) is 0 Å². The Bertz CT molecular complexity index is 360. The number of hydrogen-bond donors (Lipinski definition) is 1. The van der Waals surface area contributed by atoms with E-state index in [1.807, 2.05) is 18.5 Å². The maximum absolute atomic E-state index is 4.13. The van der Waals surface area contributed by atoms with Crippen molar-refractivity contribution in [2.75, 3.05) is 0 Å². The van der Waals surface area contributed by atoms with Crippen LogP contribution in [0.5, 0.6) is 0 Å². The van der Waals surface area contributed by atoms with Gasteiger partial charge in [-0.05, 0) is 43.2 Å². The zero-order valence-corrected chi connectivity index (χ0v) is 9.47. The molecule has 0 aromatic carbocycles. The Morgan fingerprint density at radius 3 is 2.75 bits per heavy atom. The van der Waals surface area contributed by atoms with E-state index in [0.717, 1.165) is 18.0 Å². The number of nitrogens with one attached hydrogen (secondary N) is 1. The second-order valence-corrected chi connectivity index (χ2v) is 5.01. The van der Waals surface area contributed by atoms with Crippen molar-refractivity contribution in [1.82, 2.24) is 10.3 Å². The molecule has 2 heteroatoms. The topological polar surface area (TPSA) is 24.9 Å². The van der Waals surface area contributed by atoms with Crippen LogP contribution in [0, 0.1) is 5.92 Å². The fraction of sp³-hybridized carbons (Fsp3) is 0.500. The van der Waals surface area contributed by atoms with Crippen LogP contribution in [0.1, 0.15) is 31.2 Å².